The highest BCUT2D eigenvalue weighted by Gasteiger charge is 2.37. The summed E-state index contributed by atoms with van der Waals surface area (Å²) >= 11 is 6.23. The number of likely N-dealkylation sites (tertiary alicyclic amines) is 1. The van der Waals surface area contributed by atoms with Gasteiger partial charge in [0, 0.05) is 31.2 Å². The number of nitrogens with zero attached hydrogens (tertiary/aromatic N) is 1. The third-order valence-corrected chi connectivity index (χ3v) is 5.46. The molecule has 1 saturated heterocycles. The van der Waals surface area contributed by atoms with E-state index in [0.717, 1.165) is 18.4 Å². The molecule has 0 bridgehead atoms. The van der Waals surface area contributed by atoms with Crippen molar-refractivity contribution in [3.05, 3.63) is 34.1 Å². The molecular formula is C18H22ClFN2O3. The van der Waals surface area contributed by atoms with Crippen molar-refractivity contribution in [2.75, 3.05) is 13.1 Å². The molecule has 1 aromatic carbocycles. The number of amides is 1. The van der Waals surface area contributed by atoms with Gasteiger partial charge in [0.2, 0.25) is 5.91 Å². The summed E-state index contributed by atoms with van der Waals surface area (Å²) in [5.74, 6) is -2.48. The highest BCUT2D eigenvalue weighted by Crippen LogP contribution is 2.29. The Morgan fingerprint density at radius 1 is 1.32 bits per heavy atom. The van der Waals surface area contributed by atoms with Gasteiger partial charge in [-0.05, 0) is 37.8 Å². The number of carbonyl (C=O) groups is 2. The van der Waals surface area contributed by atoms with Crippen LogP contribution in [0.15, 0.2) is 12.1 Å². The first-order valence-electron chi connectivity index (χ1n) is 8.54. The van der Waals surface area contributed by atoms with Gasteiger partial charge in [-0.25, -0.2) is 4.39 Å². The van der Waals surface area contributed by atoms with Crippen LogP contribution in [0.3, 0.4) is 0 Å². The number of carboxylic acid groups (broad SMARTS) is 1. The molecule has 1 aliphatic heterocycles. The maximum atomic E-state index is 14.2. The number of carboxylic acids is 1. The maximum absolute atomic E-state index is 14.2. The van der Waals surface area contributed by atoms with Crippen LogP contribution in [0.1, 0.15) is 30.4 Å². The Morgan fingerprint density at radius 2 is 2.00 bits per heavy atom. The molecule has 25 heavy (non-hydrogen) atoms. The standard InChI is InChI=1S/C18H22ClFN2O3/c1-10-2-5-15(20)14(16(10)19)9-22-7-11(6-12(8-22)18(24)25)17(23)21-13-3-4-13/h2,5,11-13H,3-4,6-9H2,1H3,(H,21,23)(H,24,25)/t11-,12+/m1/s1. The second kappa shape index (κ2) is 7.30. The number of rotatable bonds is 5. The number of nitrogens with one attached hydrogen (secondary N) is 1. The summed E-state index contributed by atoms with van der Waals surface area (Å²) in [7, 11) is 0. The Hall–Kier alpha value is -1.66. The summed E-state index contributed by atoms with van der Waals surface area (Å²) in [5.41, 5.74) is 1.13. The molecule has 0 spiro atoms. The summed E-state index contributed by atoms with van der Waals surface area (Å²) in [4.78, 5) is 25.7. The lowest BCUT2D eigenvalue weighted by Crippen LogP contribution is -2.48. The number of halogens is 2. The zero-order valence-electron chi connectivity index (χ0n) is 14.1. The normalized spacial score (nSPS) is 24.1. The van der Waals surface area contributed by atoms with Crippen LogP contribution in [-0.4, -0.2) is 41.0 Å². The average molecular weight is 369 g/mol. The maximum Gasteiger partial charge on any atom is 0.307 e. The molecule has 0 unspecified atom stereocenters. The van der Waals surface area contributed by atoms with E-state index in [9.17, 15) is 19.1 Å². The van der Waals surface area contributed by atoms with Gasteiger partial charge < -0.3 is 10.4 Å². The van der Waals surface area contributed by atoms with Gasteiger partial charge in [-0.2, -0.15) is 0 Å². The Kier molecular flexibility index (Phi) is 5.29. The molecule has 1 heterocycles. The number of hydrogen-bond acceptors (Lipinski definition) is 3. The molecular weight excluding hydrogens is 347 g/mol. The van der Waals surface area contributed by atoms with Crippen molar-refractivity contribution in [1.82, 2.24) is 10.2 Å². The minimum atomic E-state index is -0.926. The first-order valence-corrected chi connectivity index (χ1v) is 8.92. The van der Waals surface area contributed by atoms with E-state index < -0.39 is 23.6 Å². The summed E-state index contributed by atoms with van der Waals surface area (Å²) in [6.45, 7) is 2.69. The summed E-state index contributed by atoms with van der Waals surface area (Å²) in [6, 6.07) is 3.21. The van der Waals surface area contributed by atoms with E-state index in [2.05, 4.69) is 5.32 Å². The number of carbonyl (C=O) groups excluding carboxylic acids is 1. The van der Waals surface area contributed by atoms with Crippen LogP contribution in [0.2, 0.25) is 5.02 Å². The van der Waals surface area contributed by atoms with Crippen LogP contribution >= 0.6 is 11.6 Å². The van der Waals surface area contributed by atoms with Crippen molar-refractivity contribution >= 4 is 23.5 Å². The largest absolute Gasteiger partial charge is 0.481 e. The summed E-state index contributed by atoms with van der Waals surface area (Å²) in [5, 5.41) is 12.7. The highest BCUT2D eigenvalue weighted by molar-refractivity contribution is 6.32. The fourth-order valence-corrected chi connectivity index (χ4v) is 3.53. The van der Waals surface area contributed by atoms with Crippen LogP contribution in [0, 0.1) is 24.6 Å². The molecule has 1 aliphatic carbocycles. The molecule has 1 amide bonds. The van der Waals surface area contributed by atoms with Crippen LogP contribution in [-0.2, 0) is 16.1 Å². The summed E-state index contributed by atoms with van der Waals surface area (Å²) < 4.78 is 14.2. The fraction of sp³-hybridized carbons (Fsp3) is 0.556. The van der Waals surface area contributed by atoms with Crippen molar-refractivity contribution < 1.29 is 19.1 Å². The van der Waals surface area contributed by atoms with Crippen molar-refractivity contribution in [3.63, 3.8) is 0 Å². The van der Waals surface area contributed by atoms with Gasteiger partial charge in [0.05, 0.1) is 16.9 Å². The highest BCUT2D eigenvalue weighted by atomic mass is 35.5. The quantitative estimate of drug-likeness (QED) is 0.838. The topological polar surface area (TPSA) is 69.6 Å². The van der Waals surface area contributed by atoms with E-state index in [4.69, 9.17) is 11.6 Å². The minimum Gasteiger partial charge on any atom is -0.481 e. The van der Waals surface area contributed by atoms with Crippen molar-refractivity contribution in [1.29, 1.82) is 0 Å². The van der Waals surface area contributed by atoms with Crippen LogP contribution in [0.25, 0.3) is 0 Å². The lowest BCUT2D eigenvalue weighted by Gasteiger charge is -2.35. The molecule has 1 saturated carbocycles. The van der Waals surface area contributed by atoms with Crippen LogP contribution in [0.4, 0.5) is 4.39 Å². The van der Waals surface area contributed by atoms with Crippen molar-refractivity contribution in [3.8, 4) is 0 Å². The van der Waals surface area contributed by atoms with E-state index in [-0.39, 0.29) is 25.0 Å². The minimum absolute atomic E-state index is 0.103. The van der Waals surface area contributed by atoms with Gasteiger partial charge in [0.1, 0.15) is 5.82 Å². The van der Waals surface area contributed by atoms with E-state index in [0.29, 0.717) is 23.6 Å². The molecule has 2 aliphatic rings. The number of hydrogen-bond donors (Lipinski definition) is 2. The smallest absolute Gasteiger partial charge is 0.307 e. The number of aliphatic carboxylic acids is 1. The Morgan fingerprint density at radius 3 is 2.64 bits per heavy atom. The Balaban J connectivity index is 1.76. The predicted molar refractivity (Wildman–Crippen MR) is 91.8 cm³/mol. The van der Waals surface area contributed by atoms with Crippen molar-refractivity contribution in [2.24, 2.45) is 11.8 Å². The lowest BCUT2D eigenvalue weighted by molar-refractivity contribution is -0.145. The molecule has 2 atom stereocenters. The fourth-order valence-electron chi connectivity index (χ4n) is 3.32. The van der Waals surface area contributed by atoms with E-state index in [1.54, 1.807) is 13.0 Å². The molecule has 2 fully saturated rings. The molecule has 5 nitrogen and oxygen atoms in total. The zero-order valence-corrected chi connectivity index (χ0v) is 14.9. The van der Waals surface area contributed by atoms with Crippen LogP contribution < -0.4 is 5.32 Å². The molecule has 0 aromatic heterocycles. The second-order valence-electron chi connectivity index (χ2n) is 7.10. The summed E-state index contributed by atoms with van der Waals surface area (Å²) in [6.07, 6.45) is 2.28. The Bertz CT molecular complexity index is 693. The lowest BCUT2D eigenvalue weighted by atomic mass is 9.88. The molecule has 7 heteroatoms. The molecule has 2 N–H and O–H groups in total. The van der Waals surface area contributed by atoms with E-state index in [1.165, 1.54) is 6.07 Å². The molecule has 3 rings (SSSR count). The second-order valence-corrected chi connectivity index (χ2v) is 7.48. The first-order chi connectivity index (χ1) is 11.8. The first kappa shape index (κ1) is 18.1. The molecule has 1 aromatic rings. The SMILES string of the molecule is Cc1ccc(F)c(CN2C[C@@H](C(=O)O)C[C@@H](C(=O)NC3CC3)C2)c1Cl. The third-order valence-electron chi connectivity index (χ3n) is 4.93. The number of benzene rings is 1. The molecule has 0 radical (unpaired) electrons. The third kappa shape index (κ3) is 4.30. The van der Waals surface area contributed by atoms with Gasteiger partial charge in [-0.1, -0.05) is 17.7 Å². The van der Waals surface area contributed by atoms with Gasteiger partial charge >= 0.3 is 5.97 Å². The Labute approximate surface area is 151 Å². The predicted octanol–water partition coefficient (Wildman–Crippen LogP) is 2.59. The average Bonchev–Trinajstić information content (AvgIpc) is 3.38. The number of aryl methyl sites for hydroxylation is 1. The number of piperidine rings is 1. The van der Waals surface area contributed by atoms with Crippen molar-refractivity contribution in [2.45, 2.75) is 38.8 Å². The van der Waals surface area contributed by atoms with E-state index >= 15 is 0 Å². The van der Waals surface area contributed by atoms with Gasteiger partial charge in [0.25, 0.3) is 0 Å². The monoisotopic (exact) mass is 368 g/mol. The van der Waals surface area contributed by atoms with Crippen LogP contribution in [0.5, 0.6) is 0 Å². The van der Waals surface area contributed by atoms with Gasteiger partial charge in [-0.15, -0.1) is 0 Å². The molecule has 136 valence electrons. The zero-order chi connectivity index (χ0) is 18.1. The van der Waals surface area contributed by atoms with E-state index in [1.807, 2.05) is 4.90 Å². The van der Waals surface area contributed by atoms with Gasteiger partial charge in [-0.3, -0.25) is 14.5 Å². The van der Waals surface area contributed by atoms with Gasteiger partial charge in [0.15, 0.2) is 0 Å².